The summed E-state index contributed by atoms with van der Waals surface area (Å²) in [6, 6.07) is 3.48. The Bertz CT molecular complexity index is 296. The van der Waals surface area contributed by atoms with Crippen LogP contribution in [-0.2, 0) is 0 Å². The third kappa shape index (κ3) is 1.95. The second-order valence-corrected chi connectivity index (χ2v) is 2.99. The Labute approximate surface area is 76.5 Å². The summed E-state index contributed by atoms with van der Waals surface area (Å²) in [4.78, 5) is 5.96. The summed E-state index contributed by atoms with van der Waals surface area (Å²) in [5, 5.41) is 7.23. The molecule has 1 heterocycles. The predicted molar refractivity (Wildman–Crippen MR) is 51.2 cm³/mol. The Kier molecular flexibility index (Phi) is 2.65. The summed E-state index contributed by atoms with van der Waals surface area (Å²) in [7, 11) is 3.79. The van der Waals surface area contributed by atoms with Gasteiger partial charge in [0.25, 0.3) is 0 Å². The van der Waals surface area contributed by atoms with Gasteiger partial charge in [-0.3, -0.25) is 5.41 Å². The molecule has 4 heteroatoms. The van der Waals surface area contributed by atoms with Crippen LogP contribution < -0.4 is 4.90 Å². The Morgan fingerprint density at radius 2 is 2.25 bits per heavy atom. The fourth-order valence-corrected chi connectivity index (χ4v) is 0.917. The summed E-state index contributed by atoms with van der Waals surface area (Å²) in [5.41, 5.74) is 0.690. The van der Waals surface area contributed by atoms with Crippen LogP contribution in [0.15, 0.2) is 18.3 Å². The first kappa shape index (κ1) is 9.00. The van der Waals surface area contributed by atoms with Crippen LogP contribution in [0, 0.1) is 5.41 Å². The van der Waals surface area contributed by atoms with E-state index in [4.69, 9.17) is 17.0 Å². The molecule has 0 saturated heterocycles. The smallest absolute Gasteiger partial charge is 0.128 e. The van der Waals surface area contributed by atoms with Crippen molar-refractivity contribution in [1.29, 1.82) is 5.41 Å². The highest BCUT2D eigenvalue weighted by atomic mass is 35.5. The summed E-state index contributed by atoms with van der Waals surface area (Å²) >= 11 is 5.52. The molecule has 0 radical (unpaired) electrons. The van der Waals surface area contributed by atoms with E-state index in [0.29, 0.717) is 5.56 Å². The lowest BCUT2D eigenvalue weighted by atomic mass is 10.3. The zero-order valence-electron chi connectivity index (χ0n) is 7.00. The molecule has 64 valence electrons. The fraction of sp³-hybridized carbons (Fsp3) is 0.250. The molecule has 0 unspecified atom stereocenters. The second-order valence-electron chi connectivity index (χ2n) is 2.61. The number of nitrogens with zero attached hydrogens (tertiary/aromatic N) is 2. The lowest BCUT2D eigenvalue weighted by Crippen LogP contribution is -2.10. The molecule has 1 rings (SSSR count). The van der Waals surface area contributed by atoms with Gasteiger partial charge in [0.2, 0.25) is 0 Å². The first-order valence-corrected chi connectivity index (χ1v) is 3.87. The minimum atomic E-state index is 0.0421. The molecule has 0 bridgehead atoms. The number of anilines is 1. The zero-order valence-corrected chi connectivity index (χ0v) is 7.76. The van der Waals surface area contributed by atoms with Gasteiger partial charge < -0.3 is 4.90 Å². The van der Waals surface area contributed by atoms with E-state index in [2.05, 4.69) is 4.98 Å². The van der Waals surface area contributed by atoms with Crippen molar-refractivity contribution in [2.45, 2.75) is 0 Å². The molecule has 0 spiro atoms. The van der Waals surface area contributed by atoms with Gasteiger partial charge in [-0.1, -0.05) is 11.6 Å². The number of nitrogens with one attached hydrogen (secondary N) is 1. The van der Waals surface area contributed by atoms with E-state index in [1.54, 1.807) is 18.3 Å². The molecule has 0 amide bonds. The average Bonchev–Trinajstić information content (AvgIpc) is 2.04. The van der Waals surface area contributed by atoms with Gasteiger partial charge in [0.15, 0.2) is 0 Å². The van der Waals surface area contributed by atoms with Crippen molar-refractivity contribution < 1.29 is 0 Å². The molecule has 0 saturated carbocycles. The van der Waals surface area contributed by atoms with E-state index in [0.717, 1.165) is 5.82 Å². The molecule has 1 aromatic heterocycles. The lowest BCUT2D eigenvalue weighted by Gasteiger charge is -2.10. The molecule has 0 fully saturated rings. The Hall–Kier alpha value is -1.09. The number of halogens is 1. The van der Waals surface area contributed by atoms with E-state index >= 15 is 0 Å². The van der Waals surface area contributed by atoms with E-state index in [1.165, 1.54) is 0 Å². The molecule has 0 aliphatic rings. The van der Waals surface area contributed by atoms with Crippen LogP contribution in [0.2, 0.25) is 0 Å². The largest absolute Gasteiger partial charge is 0.363 e. The van der Waals surface area contributed by atoms with E-state index in [1.807, 2.05) is 19.0 Å². The first-order chi connectivity index (χ1) is 5.61. The highest BCUT2D eigenvalue weighted by Crippen LogP contribution is 2.10. The minimum absolute atomic E-state index is 0.0421. The maximum atomic E-state index is 7.19. The topological polar surface area (TPSA) is 40.0 Å². The quantitative estimate of drug-likeness (QED) is 0.710. The van der Waals surface area contributed by atoms with Crippen LogP contribution in [0.1, 0.15) is 5.56 Å². The normalized spacial score (nSPS) is 9.58. The van der Waals surface area contributed by atoms with Gasteiger partial charge >= 0.3 is 0 Å². The standard InChI is InChI=1S/C8H10ClN3/c1-12(2)7-5-6(8(9)10)3-4-11-7/h3-5,10H,1-2H3. The van der Waals surface area contributed by atoms with Crippen LogP contribution in [0.3, 0.4) is 0 Å². The van der Waals surface area contributed by atoms with Crippen LogP contribution in [0.5, 0.6) is 0 Å². The van der Waals surface area contributed by atoms with Crippen molar-refractivity contribution in [2.24, 2.45) is 0 Å². The fourth-order valence-electron chi connectivity index (χ4n) is 0.799. The third-order valence-corrected chi connectivity index (χ3v) is 1.68. The molecule has 3 nitrogen and oxygen atoms in total. The summed E-state index contributed by atoms with van der Waals surface area (Å²) in [6.45, 7) is 0. The van der Waals surface area contributed by atoms with Crippen molar-refractivity contribution in [2.75, 3.05) is 19.0 Å². The maximum absolute atomic E-state index is 7.19. The molecular formula is C8H10ClN3. The van der Waals surface area contributed by atoms with Crippen LogP contribution in [-0.4, -0.2) is 24.3 Å². The Morgan fingerprint density at radius 3 is 2.75 bits per heavy atom. The van der Waals surface area contributed by atoms with Gasteiger partial charge in [0.05, 0.1) is 0 Å². The number of hydrogen-bond donors (Lipinski definition) is 1. The van der Waals surface area contributed by atoms with Crippen LogP contribution in [0.25, 0.3) is 0 Å². The number of hydrogen-bond acceptors (Lipinski definition) is 3. The molecule has 0 atom stereocenters. The molecule has 0 aromatic carbocycles. The summed E-state index contributed by atoms with van der Waals surface area (Å²) in [5.74, 6) is 0.804. The number of aromatic nitrogens is 1. The maximum Gasteiger partial charge on any atom is 0.128 e. The summed E-state index contributed by atoms with van der Waals surface area (Å²) < 4.78 is 0. The Morgan fingerprint density at radius 1 is 1.58 bits per heavy atom. The zero-order chi connectivity index (χ0) is 9.14. The monoisotopic (exact) mass is 183 g/mol. The highest BCUT2D eigenvalue weighted by Gasteiger charge is 2.00. The highest BCUT2D eigenvalue weighted by molar-refractivity contribution is 6.68. The molecule has 12 heavy (non-hydrogen) atoms. The Balaban J connectivity index is 3.04. The molecular weight excluding hydrogens is 174 g/mol. The van der Waals surface area contributed by atoms with Gasteiger partial charge in [-0.05, 0) is 12.1 Å². The van der Waals surface area contributed by atoms with Gasteiger partial charge in [0.1, 0.15) is 11.0 Å². The van der Waals surface area contributed by atoms with Crippen LogP contribution >= 0.6 is 11.6 Å². The first-order valence-electron chi connectivity index (χ1n) is 3.49. The summed E-state index contributed by atoms with van der Waals surface area (Å²) in [6.07, 6.45) is 1.64. The minimum Gasteiger partial charge on any atom is -0.363 e. The van der Waals surface area contributed by atoms with Gasteiger partial charge in [-0.15, -0.1) is 0 Å². The SMILES string of the molecule is CN(C)c1cc(C(=N)Cl)ccn1. The third-order valence-electron chi connectivity index (χ3n) is 1.46. The van der Waals surface area contributed by atoms with E-state index in [-0.39, 0.29) is 5.17 Å². The van der Waals surface area contributed by atoms with E-state index in [9.17, 15) is 0 Å². The second kappa shape index (κ2) is 3.54. The van der Waals surface area contributed by atoms with Gasteiger partial charge in [-0.2, -0.15) is 0 Å². The van der Waals surface area contributed by atoms with Crippen molar-refractivity contribution in [1.82, 2.24) is 4.98 Å². The van der Waals surface area contributed by atoms with Gasteiger partial charge in [0, 0.05) is 25.9 Å². The molecule has 1 aromatic rings. The van der Waals surface area contributed by atoms with Crippen molar-refractivity contribution in [3.05, 3.63) is 23.9 Å². The predicted octanol–water partition coefficient (Wildman–Crippen LogP) is 1.71. The van der Waals surface area contributed by atoms with Crippen molar-refractivity contribution >= 4 is 22.6 Å². The van der Waals surface area contributed by atoms with E-state index < -0.39 is 0 Å². The van der Waals surface area contributed by atoms with Crippen molar-refractivity contribution in [3.8, 4) is 0 Å². The van der Waals surface area contributed by atoms with Crippen molar-refractivity contribution in [3.63, 3.8) is 0 Å². The molecule has 0 aliphatic carbocycles. The molecule has 0 aliphatic heterocycles. The number of pyridine rings is 1. The average molecular weight is 184 g/mol. The van der Waals surface area contributed by atoms with Crippen LogP contribution in [0.4, 0.5) is 5.82 Å². The lowest BCUT2D eigenvalue weighted by molar-refractivity contribution is 1.07. The number of rotatable bonds is 2. The molecule has 1 N–H and O–H groups in total. The van der Waals surface area contributed by atoms with Gasteiger partial charge in [-0.25, -0.2) is 4.98 Å².